The number of carbonyl (C=O) groups excluding carboxylic acids is 1. The molecule has 0 aromatic carbocycles. The monoisotopic (exact) mass is 257 g/mol. The minimum Gasteiger partial charge on any atom is -0.294 e. The molecule has 0 saturated carbocycles. The first kappa shape index (κ1) is 13.5. The second-order valence-corrected chi connectivity index (χ2v) is 4.83. The fourth-order valence-corrected chi connectivity index (χ4v) is 1.80. The molecule has 0 N–H and O–H groups in total. The minimum absolute atomic E-state index is 0.0573. The van der Waals surface area contributed by atoms with Crippen LogP contribution in [0.25, 0.3) is 0 Å². The van der Waals surface area contributed by atoms with Gasteiger partial charge in [0.05, 0.1) is 12.1 Å². The SMILES string of the molecule is CCC(C)n1ccc(CC(=O)c2ccc(C)nc2)n1. The van der Waals surface area contributed by atoms with Gasteiger partial charge in [-0.05, 0) is 38.5 Å². The van der Waals surface area contributed by atoms with Gasteiger partial charge in [-0.3, -0.25) is 14.5 Å². The number of ketones is 1. The first-order valence-corrected chi connectivity index (χ1v) is 6.60. The molecule has 0 aliphatic carbocycles. The van der Waals surface area contributed by atoms with Crippen molar-refractivity contribution in [3.63, 3.8) is 0 Å². The van der Waals surface area contributed by atoms with Crippen LogP contribution in [0.5, 0.6) is 0 Å². The summed E-state index contributed by atoms with van der Waals surface area (Å²) >= 11 is 0. The van der Waals surface area contributed by atoms with Crippen molar-refractivity contribution in [2.75, 3.05) is 0 Å². The van der Waals surface area contributed by atoms with Gasteiger partial charge in [0.1, 0.15) is 0 Å². The van der Waals surface area contributed by atoms with E-state index in [2.05, 4.69) is 23.9 Å². The summed E-state index contributed by atoms with van der Waals surface area (Å²) < 4.78 is 1.91. The second kappa shape index (κ2) is 5.78. The molecular formula is C15H19N3O. The Balaban J connectivity index is 2.06. The summed E-state index contributed by atoms with van der Waals surface area (Å²) in [5.41, 5.74) is 2.37. The zero-order valence-corrected chi connectivity index (χ0v) is 11.6. The third kappa shape index (κ3) is 3.28. The van der Waals surface area contributed by atoms with Crippen LogP contribution >= 0.6 is 0 Å². The highest BCUT2D eigenvalue weighted by atomic mass is 16.1. The molecule has 0 radical (unpaired) electrons. The highest BCUT2D eigenvalue weighted by molar-refractivity contribution is 5.96. The van der Waals surface area contributed by atoms with E-state index in [1.807, 2.05) is 36.0 Å². The summed E-state index contributed by atoms with van der Waals surface area (Å²) in [6.45, 7) is 6.14. The number of Topliss-reactive ketones (excluding diaryl/α,β-unsaturated/α-hetero) is 1. The molecule has 0 amide bonds. The molecule has 2 aromatic heterocycles. The molecule has 0 spiro atoms. The number of hydrogen-bond acceptors (Lipinski definition) is 3. The first-order chi connectivity index (χ1) is 9.10. The van der Waals surface area contributed by atoms with E-state index in [-0.39, 0.29) is 5.78 Å². The van der Waals surface area contributed by atoms with Gasteiger partial charge >= 0.3 is 0 Å². The molecule has 2 heterocycles. The lowest BCUT2D eigenvalue weighted by atomic mass is 10.1. The van der Waals surface area contributed by atoms with Gasteiger partial charge in [0, 0.05) is 29.7 Å². The Bertz CT molecular complexity index is 557. The molecule has 0 saturated heterocycles. The Labute approximate surface area is 113 Å². The minimum atomic E-state index is 0.0573. The van der Waals surface area contributed by atoms with E-state index >= 15 is 0 Å². The topological polar surface area (TPSA) is 47.8 Å². The van der Waals surface area contributed by atoms with Crippen molar-refractivity contribution in [1.82, 2.24) is 14.8 Å². The fraction of sp³-hybridized carbons (Fsp3) is 0.400. The largest absolute Gasteiger partial charge is 0.294 e. The maximum atomic E-state index is 12.1. The fourth-order valence-electron chi connectivity index (χ4n) is 1.80. The van der Waals surface area contributed by atoms with Gasteiger partial charge in [0.15, 0.2) is 5.78 Å². The highest BCUT2D eigenvalue weighted by Crippen LogP contribution is 2.11. The van der Waals surface area contributed by atoms with Gasteiger partial charge in [0.25, 0.3) is 0 Å². The molecule has 100 valence electrons. The first-order valence-electron chi connectivity index (χ1n) is 6.60. The number of carbonyl (C=O) groups is 1. The van der Waals surface area contributed by atoms with Crippen LogP contribution in [0.2, 0.25) is 0 Å². The normalized spacial score (nSPS) is 12.4. The van der Waals surface area contributed by atoms with Gasteiger partial charge < -0.3 is 0 Å². The van der Waals surface area contributed by atoms with E-state index in [0.29, 0.717) is 18.0 Å². The molecule has 2 rings (SSSR count). The van der Waals surface area contributed by atoms with Crippen molar-refractivity contribution < 1.29 is 4.79 Å². The van der Waals surface area contributed by atoms with Crippen molar-refractivity contribution in [3.8, 4) is 0 Å². The molecule has 19 heavy (non-hydrogen) atoms. The maximum Gasteiger partial charge on any atom is 0.170 e. The number of rotatable bonds is 5. The second-order valence-electron chi connectivity index (χ2n) is 4.83. The summed E-state index contributed by atoms with van der Waals surface area (Å²) in [7, 11) is 0. The zero-order chi connectivity index (χ0) is 13.8. The molecule has 0 bridgehead atoms. The van der Waals surface area contributed by atoms with E-state index in [4.69, 9.17) is 0 Å². The van der Waals surface area contributed by atoms with Gasteiger partial charge in [-0.25, -0.2) is 0 Å². The zero-order valence-electron chi connectivity index (χ0n) is 11.6. The van der Waals surface area contributed by atoms with Crippen LogP contribution in [-0.4, -0.2) is 20.5 Å². The van der Waals surface area contributed by atoms with Crippen molar-refractivity contribution in [1.29, 1.82) is 0 Å². The van der Waals surface area contributed by atoms with Gasteiger partial charge in [0.2, 0.25) is 0 Å². The Kier molecular flexibility index (Phi) is 4.10. The lowest BCUT2D eigenvalue weighted by Crippen LogP contribution is -2.08. The quantitative estimate of drug-likeness (QED) is 0.774. The lowest BCUT2D eigenvalue weighted by Gasteiger charge is -2.08. The molecule has 1 unspecified atom stereocenters. The van der Waals surface area contributed by atoms with Crippen molar-refractivity contribution in [3.05, 3.63) is 47.5 Å². The van der Waals surface area contributed by atoms with Crippen molar-refractivity contribution >= 4 is 5.78 Å². The summed E-state index contributed by atoms with van der Waals surface area (Å²) in [5.74, 6) is 0.0573. The highest BCUT2D eigenvalue weighted by Gasteiger charge is 2.11. The smallest absolute Gasteiger partial charge is 0.170 e. The maximum absolute atomic E-state index is 12.1. The molecule has 4 nitrogen and oxygen atoms in total. The van der Waals surface area contributed by atoms with Crippen LogP contribution in [0.1, 0.15) is 48.1 Å². The van der Waals surface area contributed by atoms with E-state index < -0.39 is 0 Å². The van der Waals surface area contributed by atoms with Crippen LogP contribution in [0, 0.1) is 6.92 Å². The third-order valence-electron chi connectivity index (χ3n) is 3.28. The van der Waals surface area contributed by atoms with E-state index in [0.717, 1.165) is 17.8 Å². The number of aryl methyl sites for hydroxylation is 1. The third-order valence-corrected chi connectivity index (χ3v) is 3.28. The van der Waals surface area contributed by atoms with Gasteiger partial charge in [-0.1, -0.05) is 6.92 Å². The van der Waals surface area contributed by atoms with Crippen molar-refractivity contribution in [2.24, 2.45) is 0 Å². The van der Waals surface area contributed by atoms with Crippen LogP contribution in [0.4, 0.5) is 0 Å². The van der Waals surface area contributed by atoms with Crippen LogP contribution < -0.4 is 0 Å². The van der Waals surface area contributed by atoms with E-state index in [1.165, 1.54) is 0 Å². The molecule has 2 aromatic rings. The molecule has 4 heteroatoms. The molecule has 0 aliphatic heterocycles. The summed E-state index contributed by atoms with van der Waals surface area (Å²) in [5, 5.41) is 4.44. The molecule has 0 aliphatic rings. The number of aromatic nitrogens is 3. The average Bonchev–Trinajstić information content (AvgIpc) is 2.87. The predicted octanol–water partition coefficient (Wildman–Crippen LogP) is 2.98. The van der Waals surface area contributed by atoms with Crippen LogP contribution in [0.3, 0.4) is 0 Å². The number of hydrogen-bond donors (Lipinski definition) is 0. The standard InChI is InChI=1S/C15H19N3O/c1-4-12(3)18-8-7-14(17-18)9-15(19)13-6-5-11(2)16-10-13/h5-8,10,12H,4,9H2,1-3H3. The Morgan fingerprint density at radius 2 is 2.16 bits per heavy atom. The van der Waals surface area contributed by atoms with E-state index in [9.17, 15) is 4.79 Å². The van der Waals surface area contributed by atoms with Gasteiger partial charge in [-0.2, -0.15) is 5.10 Å². The summed E-state index contributed by atoms with van der Waals surface area (Å²) in [4.78, 5) is 16.2. The average molecular weight is 257 g/mol. The molecular weight excluding hydrogens is 238 g/mol. The summed E-state index contributed by atoms with van der Waals surface area (Å²) in [6, 6.07) is 5.94. The molecule has 0 fully saturated rings. The Morgan fingerprint density at radius 1 is 1.37 bits per heavy atom. The number of nitrogens with zero attached hydrogens (tertiary/aromatic N) is 3. The van der Waals surface area contributed by atoms with Crippen LogP contribution in [0.15, 0.2) is 30.6 Å². The predicted molar refractivity (Wildman–Crippen MR) is 74.2 cm³/mol. The van der Waals surface area contributed by atoms with Gasteiger partial charge in [-0.15, -0.1) is 0 Å². The van der Waals surface area contributed by atoms with Crippen LogP contribution in [-0.2, 0) is 6.42 Å². The lowest BCUT2D eigenvalue weighted by molar-refractivity contribution is 0.0991. The van der Waals surface area contributed by atoms with Crippen molar-refractivity contribution in [2.45, 2.75) is 39.7 Å². The summed E-state index contributed by atoms with van der Waals surface area (Å²) in [6.07, 6.45) is 4.92. The molecule has 1 atom stereocenters. The Hall–Kier alpha value is -1.97. The Morgan fingerprint density at radius 3 is 2.79 bits per heavy atom. The number of pyridine rings is 1. The van der Waals surface area contributed by atoms with E-state index in [1.54, 1.807) is 6.20 Å².